The van der Waals surface area contributed by atoms with Gasteiger partial charge < -0.3 is 11.1 Å². The maximum absolute atomic E-state index is 12.5. The lowest BCUT2D eigenvalue weighted by molar-refractivity contribution is -0.171. The molecule has 2 rings (SSSR count). The van der Waals surface area contributed by atoms with Crippen molar-refractivity contribution in [3.05, 3.63) is 0 Å². The van der Waals surface area contributed by atoms with Crippen LogP contribution in [0.3, 0.4) is 0 Å². The highest BCUT2D eigenvalue weighted by molar-refractivity contribution is 5.34. The Labute approximate surface area is 77.1 Å². The van der Waals surface area contributed by atoms with Gasteiger partial charge in [0, 0.05) is 6.54 Å². The minimum Gasteiger partial charge on any atom is -0.366 e. The van der Waals surface area contributed by atoms with Crippen molar-refractivity contribution in [3.8, 4) is 0 Å². The molecular weight excluding hydrogens is 199 g/mol. The van der Waals surface area contributed by atoms with E-state index in [0.29, 0.717) is 0 Å². The molecule has 14 heavy (non-hydrogen) atoms. The quantitative estimate of drug-likeness (QED) is 0.659. The molecule has 0 amide bonds. The predicted octanol–water partition coefficient (Wildman–Crippen LogP) is 0.779. The molecule has 78 valence electrons. The Morgan fingerprint density at radius 2 is 2.21 bits per heavy atom. The molecule has 0 fully saturated rings. The summed E-state index contributed by atoms with van der Waals surface area (Å²) in [5, 5.41) is 6.19. The van der Waals surface area contributed by atoms with Gasteiger partial charge in [-0.3, -0.25) is 0 Å². The lowest BCUT2D eigenvalue weighted by Gasteiger charge is -2.25. The first-order valence-corrected chi connectivity index (χ1v) is 4.01. The first-order valence-electron chi connectivity index (χ1n) is 4.01. The molecule has 1 aromatic rings. The summed E-state index contributed by atoms with van der Waals surface area (Å²) in [6.45, 7) is 0.225. The van der Waals surface area contributed by atoms with Crippen molar-refractivity contribution in [1.82, 2.24) is 14.8 Å². The van der Waals surface area contributed by atoms with E-state index in [2.05, 4.69) is 15.4 Å². The van der Waals surface area contributed by atoms with Crippen molar-refractivity contribution in [1.29, 1.82) is 0 Å². The maximum atomic E-state index is 12.5. The van der Waals surface area contributed by atoms with E-state index in [9.17, 15) is 13.2 Å². The van der Waals surface area contributed by atoms with E-state index in [1.54, 1.807) is 0 Å². The van der Waals surface area contributed by atoms with Gasteiger partial charge in [0.05, 0.1) is 0 Å². The number of hydrogen-bond acceptors (Lipinski definition) is 4. The molecule has 0 spiro atoms. The lowest BCUT2D eigenvalue weighted by atomic mass is 10.2. The Balaban J connectivity index is 2.40. The summed E-state index contributed by atoms with van der Waals surface area (Å²) in [5.41, 5.74) is 5.21. The smallest absolute Gasteiger partial charge is 0.366 e. The van der Waals surface area contributed by atoms with Crippen LogP contribution in [0.5, 0.6) is 0 Å². The molecule has 0 aliphatic carbocycles. The van der Waals surface area contributed by atoms with E-state index < -0.39 is 12.2 Å². The number of anilines is 2. The highest BCUT2D eigenvalue weighted by atomic mass is 19.4. The minimum atomic E-state index is -4.31. The minimum absolute atomic E-state index is 0.0563. The number of alkyl halides is 3. The Bertz CT molecular complexity index is 344. The monoisotopic (exact) mass is 207 g/mol. The van der Waals surface area contributed by atoms with Crippen LogP contribution in [-0.4, -0.2) is 27.5 Å². The summed E-state index contributed by atoms with van der Waals surface area (Å²) >= 11 is 0. The molecule has 2 heterocycles. The number of nitrogens with two attached hydrogens (primary N) is 1. The lowest BCUT2D eigenvalue weighted by Crippen LogP contribution is -2.34. The summed E-state index contributed by atoms with van der Waals surface area (Å²) in [6, 6.07) is -1.62. The number of halogens is 3. The van der Waals surface area contributed by atoms with Crippen LogP contribution in [0.1, 0.15) is 12.5 Å². The third-order valence-corrected chi connectivity index (χ3v) is 2.02. The molecule has 0 radical (unpaired) electrons. The Kier molecular flexibility index (Phi) is 1.79. The summed E-state index contributed by atoms with van der Waals surface area (Å²) in [5.74, 6) is -0.0697. The van der Waals surface area contributed by atoms with Gasteiger partial charge in [-0.15, -0.1) is 5.10 Å². The molecule has 1 aliphatic heterocycles. The van der Waals surface area contributed by atoms with Gasteiger partial charge in [0.25, 0.3) is 0 Å². The van der Waals surface area contributed by atoms with Gasteiger partial charge in [0.15, 0.2) is 6.04 Å². The number of nitrogens with zero attached hydrogens (tertiary/aromatic N) is 3. The first kappa shape index (κ1) is 9.10. The fourth-order valence-electron chi connectivity index (χ4n) is 1.42. The van der Waals surface area contributed by atoms with Crippen molar-refractivity contribution in [2.75, 3.05) is 17.6 Å². The molecule has 3 N–H and O–H groups in total. The fraction of sp³-hybridized carbons (Fsp3) is 0.667. The Hall–Kier alpha value is -1.47. The van der Waals surface area contributed by atoms with Crippen LogP contribution in [0.15, 0.2) is 0 Å². The summed E-state index contributed by atoms with van der Waals surface area (Å²) in [6.07, 6.45) is -4.36. The third kappa shape index (κ3) is 1.36. The predicted molar refractivity (Wildman–Crippen MR) is 42.6 cm³/mol. The zero-order chi connectivity index (χ0) is 10.3. The largest absolute Gasteiger partial charge is 0.411 e. The van der Waals surface area contributed by atoms with Crippen molar-refractivity contribution >= 4 is 11.9 Å². The fourth-order valence-corrected chi connectivity index (χ4v) is 1.42. The van der Waals surface area contributed by atoms with Gasteiger partial charge in [0.2, 0.25) is 11.9 Å². The van der Waals surface area contributed by atoms with Crippen molar-refractivity contribution in [2.24, 2.45) is 0 Å². The molecule has 0 saturated heterocycles. The number of fused-ring (bicyclic) bond motifs is 1. The van der Waals surface area contributed by atoms with Crippen LogP contribution < -0.4 is 11.1 Å². The van der Waals surface area contributed by atoms with Crippen LogP contribution in [-0.2, 0) is 0 Å². The van der Waals surface area contributed by atoms with Crippen molar-refractivity contribution < 1.29 is 13.2 Å². The second kappa shape index (κ2) is 2.76. The first-order chi connectivity index (χ1) is 6.48. The van der Waals surface area contributed by atoms with Gasteiger partial charge in [-0.25, -0.2) is 4.68 Å². The zero-order valence-electron chi connectivity index (χ0n) is 7.04. The molecule has 1 aliphatic rings. The normalized spacial score (nSPS) is 21.5. The average Bonchev–Trinajstić information content (AvgIpc) is 2.41. The highest BCUT2D eigenvalue weighted by Gasteiger charge is 2.44. The molecule has 0 bridgehead atoms. The number of rotatable bonds is 0. The SMILES string of the molecule is Nc1nc2n(n1)C(C(F)(F)F)CCN2. The van der Waals surface area contributed by atoms with Crippen LogP contribution in [0.4, 0.5) is 25.1 Å². The van der Waals surface area contributed by atoms with E-state index >= 15 is 0 Å². The van der Waals surface area contributed by atoms with E-state index in [1.165, 1.54) is 0 Å². The summed E-state index contributed by atoms with van der Waals surface area (Å²) < 4.78 is 38.2. The second-order valence-electron chi connectivity index (χ2n) is 3.01. The van der Waals surface area contributed by atoms with Crippen molar-refractivity contribution in [3.63, 3.8) is 0 Å². The van der Waals surface area contributed by atoms with Crippen LogP contribution in [0, 0.1) is 0 Å². The molecular formula is C6H8F3N5. The van der Waals surface area contributed by atoms with E-state index in [0.717, 1.165) is 4.68 Å². The number of nitrogen functional groups attached to an aromatic ring is 1. The topological polar surface area (TPSA) is 68.8 Å². The molecule has 1 aromatic heterocycles. The van der Waals surface area contributed by atoms with Gasteiger partial charge in [-0.05, 0) is 6.42 Å². The molecule has 5 nitrogen and oxygen atoms in total. The molecule has 1 atom stereocenters. The molecule has 0 saturated carbocycles. The van der Waals surface area contributed by atoms with Gasteiger partial charge >= 0.3 is 6.18 Å². The van der Waals surface area contributed by atoms with E-state index in [1.807, 2.05) is 0 Å². The molecule has 1 unspecified atom stereocenters. The summed E-state index contributed by atoms with van der Waals surface area (Å²) in [4.78, 5) is 3.63. The standard InChI is InChI=1S/C6H8F3N5/c7-6(8,9)3-1-2-11-5-12-4(10)13-14(3)5/h3H,1-2H2,(H3,10,11,12,13). The molecule has 0 aromatic carbocycles. The Morgan fingerprint density at radius 3 is 2.86 bits per heavy atom. The van der Waals surface area contributed by atoms with Gasteiger partial charge in [0.1, 0.15) is 0 Å². The van der Waals surface area contributed by atoms with E-state index in [-0.39, 0.29) is 24.9 Å². The number of aromatic nitrogens is 3. The number of nitrogens with one attached hydrogen (secondary N) is 1. The van der Waals surface area contributed by atoms with E-state index in [4.69, 9.17) is 5.73 Å². The molecule has 8 heteroatoms. The Morgan fingerprint density at radius 1 is 1.50 bits per heavy atom. The van der Waals surface area contributed by atoms with Gasteiger partial charge in [-0.2, -0.15) is 18.2 Å². The van der Waals surface area contributed by atoms with Crippen LogP contribution >= 0.6 is 0 Å². The highest BCUT2D eigenvalue weighted by Crippen LogP contribution is 2.36. The van der Waals surface area contributed by atoms with Gasteiger partial charge in [-0.1, -0.05) is 0 Å². The van der Waals surface area contributed by atoms with Crippen molar-refractivity contribution in [2.45, 2.75) is 18.6 Å². The second-order valence-corrected chi connectivity index (χ2v) is 3.01. The maximum Gasteiger partial charge on any atom is 0.411 e. The zero-order valence-corrected chi connectivity index (χ0v) is 7.04. The van der Waals surface area contributed by atoms with Crippen LogP contribution in [0.2, 0.25) is 0 Å². The average molecular weight is 207 g/mol. The van der Waals surface area contributed by atoms with Crippen LogP contribution in [0.25, 0.3) is 0 Å². The number of hydrogen-bond donors (Lipinski definition) is 2. The summed E-state index contributed by atoms with van der Waals surface area (Å²) in [7, 11) is 0. The third-order valence-electron chi connectivity index (χ3n) is 2.02.